The van der Waals surface area contributed by atoms with E-state index in [1.165, 1.54) is 12.4 Å². The fraction of sp³-hybridized carbons (Fsp3) is 0.167. The maximum absolute atomic E-state index is 14.0. The molecule has 1 aliphatic rings. The van der Waals surface area contributed by atoms with Crippen molar-refractivity contribution >= 4 is 39.9 Å². The van der Waals surface area contributed by atoms with Crippen LogP contribution in [-0.2, 0) is 4.79 Å². The topological polar surface area (TPSA) is 58.1 Å². The van der Waals surface area contributed by atoms with Gasteiger partial charge in [0.05, 0.1) is 5.52 Å². The Hall–Kier alpha value is -2.80. The van der Waals surface area contributed by atoms with E-state index < -0.39 is 23.6 Å². The molecule has 1 aromatic heterocycles. The maximum Gasteiger partial charge on any atom is 0.249 e. The Bertz CT molecular complexity index is 993. The second kappa shape index (κ2) is 6.49. The summed E-state index contributed by atoms with van der Waals surface area (Å²) in [5, 5.41) is 4.31. The van der Waals surface area contributed by atoms with Crippen molar-refractivity contribution in [1.82, 2.24) is 9.97 Å². The van der Waals surface area contributed by atoms with E-state index in [0.29, 0.717) is 28.2 Å². The van der Waals surface area contributed by atoms with Gasteiger partial charge in [0, 0.05) is 17.0 Å². The molecule has 0 bridgehead atoms. The van der Waals surface area contributed by atoms with E-state index in [0.717, 1.165) is 17.0 Å². The number of rotatable bonds is 3. The minimum absolute atomic E-state index is 0.212. The molecule has 1 saturated heterocycles. The zero-order valence-corrected chi connectivity index (χ0v) is 14.2. The third-order valence-corrected chi connectivity index (χ3v) is 4.56. The number of carbonyl (C=O) groups is 1. The number of nitrogens with zero attached hydrogens (tertiary/aromatic N) is 3. The van der Waals surface area contributed by atoms with Crippen molar-refractivity contribution < 1.29 is 13.6 Å². The second-order valence-electron chi connectivity index (χ2n) is 5.93. The van der Waals surface area contributed by atoms with Gasteiger partial charge in [-0.15, -0.1) is 0 Å². The largest absolute Gasteiger partial charge is 0.358 e. The third-order valence-electron chi connectivity index (χ3n) is 4.32. The van der Waals surface area contributed by atoms with Crippen LogP contribution < -0.4 is 10.2 Å². The number of amides is 1. The first-order chi connectivity index (χ1) is 12.5. The van der Waals surface area contributed by atoms with E-state index in [1.807, 2.05) is 0 Å². The summed E-state index contributed by atoms with van der Waals surface area (Å²) in [6, 6.07) is 8.05. The van der Waals surface area contributed by atoms with Crippen molar-refractivity contribution in [3.05, 3.63) is 59.4 Å². The highest BCUT2D eigenvalue weighted by atomic mass is 35.5. The van der Waals surface area contributed by atoms with Crippen LogP contribution in [0.1, 0.15) is 6.42 Å². The maximum atomic E-state index is 14.0. The summed E-state index contributed by atoms with van der Waals surface area (Å²) in [7, 11) is 0. The van der Waals surface area contributed by atoms with Gasteiger partial charge in [0.15, 0.2) is 0 Å². The number of carbonyl (C=O) groups excluding carboxylic acids is 1. The number of nitrogens with one attached hydrogen (secondary N) is 1. The SMILES string of the molecule is O=C1C(Nc2ncnc3cc(Cl)ccc23)CCN1c1c(F)cccc1F. The zero-order chi connectivity index (χ0) is 18.3. The molecule has 3 aromatic rings. The van der Waals surface area contributed by atoms with Crippen LogP contribution in [0, 0.1) is 11.6 Å². The van der Waals surface area contributed by atoms with E-state index in [-0.39, 0.29) is 12.2 Å². The van der Waals surface area contributed by atoms with E-state index in [9.17, 15) is 13.6 Å². The van der Waals surface area contributed by atoms with E-state index >= 15 is 0 Å². The predicted octanol–water partition coefficient (Wildman–Crippen LogP) is 3.78. The van der Waals surface area contributed by atoms with Crippen molar-refractivity contribution in [3.63, 3.8) is 0 Å². The molecule has 8 heteroatoms. The first-order valence-electron chi connectivity index (χ1n) is 7.97. The standard InChI is InChI=1S/C18H13ClF2N4O/c19-10-4-5-11-15(8-10)22-9-23-17(11)24-14-6-7-25(18(14)26)16-12(20)2-1-3-13(16)21/h1-5,8-9,14H,6-7H2,(H,22,23,24). The molecule has 5 nitrogen and oxygen atoms in total. The molecule has 1 atom stereocenters. The lowest BCUT2D eigenvalue weighted by molar-refractivity contribution is -0.117. The quantitative estimate of drug-likeness (QED) is 0.758. The van der Waals surface area contributed by atoms with Gasteiger partial charge < -0.3 is 10.2 Å². The summed E-state index contributed by atoms with van der Waals surface area (Å²) in [5.74, 6) is -1.46. The fourth-order valence-electron chi connectivity index (χ4n) is 3.09. The fourth-order valence-corrected chi connectivity index (χ4v) is 3.26. The normalized spacial score (nSPS) is 17.1. The molecule has 4 rings (SSSR count). The minimum Gasteiger partial charge on any atom is -0.358 e. The summed E-state index contributed by atoms with van der Waals surface area (Å²) < 4.78 is 28.0. The summed E-state index contributed by atoms with van der Waals surface area (Å²) in [5.41, 5.74) is 0.318. The van der Waals surface area contributed by atoms with Crippen LogP contribution in [0.4, 0.5) is 20.3 Å². The van der Waals surface area contributed by atoms with Crippen LogP contribution >= 0.6 is 11.6 Å². The van der Waals surface area contributed by atoms with Crippen LogP contribution in [0.25, 0.3) is 10.9 Å². The van der Waals surface area contributed by atoms with Gasteiger partial charge >= 0.3 is 0 Å². The molecule has 1 N–H and O–H groups in total. The zero-order valence-electron chi connectivity index (χ0n) is 13.4. The highest BCUT2D eigenvalue weighted by Crippen LogP contribution is 2.30. The van der Waals surface area contributed by atoms with Gasteiger partial charge in [0.1, 0.15) is 35.5 Å². The Balaban J connectivity index is 1.62. The molecule has 132 valence electrons. The molecule has 1 fully saturated rings. The number of para-hydroxylation sites is 1. The van der Waals surface area contributed by atoms with Crippen molar-refractivity contribution in [1.29, 1.82) is 0 Å². The van der Waals surface area contributed by atoms with Crippen LogP contribution in [0.3, 0.4) is 0 Å². The first-order valence-corrected chi connectivity index (χ1v) is 8.34. The predicted molar refractivity (Wildman–Crippen MR) is 95.3 cm³/mol. The van der Waals surface area contributed by atoms with Gasteiger partial charge in [-0.3, -0.25) is 4.79 Å². The van der Waals surface area contributed by atoms with Gasteiger partial charge in [-0.25, -0.2) is 18.7 Å². The van der Waals surface area contributed by atoms with Gasteiger partial charge in [-0.1, -0.05) is 17.7 Å². The van der Waals surface area contributed by atoms with E-state index in [4.69, 9.17) is 11.6 Å². The molecular weight excluding hydrogens is 362 g/mol. The number of fused-ring (bicyclic) bond motifs is 1. The Morgan fingerprint density at radius 3 is 2.69 bits per heavy atom. The van der Waals surface area contributed by atoms with Gasteiger partial charge in [-0.05, 0) is 36.8 Å². The number of hydrogen-bond donors (Lipinski definition) is 1. The summed E-state index contributed by atoms with van der Waals surface area (Å²) in [6.07, 6.45) is 1.76. The lowest BCUT2D eigenvalue weighted by Gasteiger charge is -2.19. The molecule has 2 heterocycles. The molecule has 0 spiro atoms. The van der Waals surface area contributed by atoms with Crippen LogP contribution in [0.5, 0.6) is 0 Å². The molecule has 1 amide bonds. The molecule has 1 aliphatic heterocycles. The molecule has 0 aliphatic carbocycles. The Labute approximate surface area is 152 Å². The molecular formula is C18H13ClF2N4O. The number of anilines is 2. The van der Waals surface area contributed by atoms with Crippen molar-refractivity contribution in [2.24, 2.45) is 0 Å². The summed E-state index contributed by atoms with van der Waals surface area (Å²) in [4.78, 5) is 22.1. The van der Waals surface area contributed by atoms with Crippen molar-refractivity contribution in [3.8, 4) is 0 Å². The smallest absolute Gasteiger partial charge is 0.249 e. The molecule has 0 saturated carbocycles. The molecule has 2 aromatic carbocycles. The lowest BCUT2D eigenvalue weighted by atomic mass is 10.2. The Kier molecular flexibility index (Phi) is 4.16. The molecule has 0 radical (unpaired) electrons. The molecule has 1 unspecified atom stereocenters. The van der Waals surface area contributed by atoms with Crippen molar-refractivity contribution in [2.75, 3.05) is 16.8 Å². The number of benzene rings is 2. The average molecular weight is 375 g/mol. The van der Waals surface area contributed by atoms with Gasteiger partial charge in [0.25, 0.3) is 0 Å². The lowest BCUT2D eigenvalue weighted by Crippen LogP contribution is -2.34. The minimum atomic E-state index is -0.763. The monoisotopic (exact) mass is 374 g/mol. The summed E-state index contributed by atoms with van der Waals surface area (Å²) >= 11 is 5.97. The van der Waals surface area contributed by atoms with Gasteiger partial charge in [0.2, 0.25) is 5.91 Å². The van der Waals surface area contributed by atoms with E-state index in [1.54, 1.807) is 18.2 Å². The van der Waals surface area contributed by atoms with Crippen LogP contribution in [0.2, 0.25) is 5.02 Å². The second-order valence-corrected chi connectivity index (χ2v) is 6.37. The van der Waals surface area contributed by atoms with Crippen LogP contribution in [0.15, 0.2) is 42.7 Å². The van der Waals surface area contributed by atoms with E-state index in [2.05, 4.69) is 15.3 Å². The third kappa shape index (κ3) is 2.84. The van der Waals surface area contributed by atoms with Crippen molar-refractivity contribution in [2.45, 2.75) is 12.5 Å². The summed E-state index contributed by atoms with van der Waals surface area (Å²) in [6.45, 7) is 0.212. The molecule has 26 heavy (non-hydrogen) atoms. The number of aromatic nitrogens is 2. The highest BCUT2D eigenvalue weighted by Gasteiger charge is 2.35. The first kappa shape index (κ1) is 16.7. The average Bonchev–Trinajstić information content (AvgIpc) is 2.96. The van der Waals surface area contributed by atoms with Crippen LogP contribution in [-0.4, -0.2) is 28.5 Å². The highest BCUT2D eigenvalue weighted by molar-refractivity contribution is 6.31. The Morgan fingerprint density at radius 2 is 1.92 bits per heavy atom. The van der Waals surface area contributed by atoms with Gasteiger partial charge in [-0.2, -0.15) is 0 Å². The number of halogens is 3. The Morgan fingerprint density at radius 1 is 1.15 bits per heavy atom. The number of hydrogen-bond acceptors (Lipinski definition) is 4.